The van der Waals surface area contributed by atoms with Gasteiger partial charge in [-0.2, -0.15) is 0 Å². The Morgan fingerprint density at radius 3 is 2.40 bits per heavy atom. The standard InChI is InChI=1S/C25H23N3OS/c1-3-9-18(10-4-1)23-25(30-24(28-23)19-11-7-8-12-19)29-21-15-16-26-22(17-21)27-20-13-5-2-6-14-20/h1-6,9-10,13-17,19H,7-8,11-12H2,(H,26,27). The molecule has 30 heavy (non-hydrogen) atoms. The van der Waals surface area contributed by atoms with Gasteiger partial charge in [-0.3, -0.25) is 0 Å². The van der Waals surface area contributed by atoms with Crippen molar-refractivity contribution in [2.45, 2.75) is 31.6 Å². The van der Waals surface area contributed by atoms with Gasteiger partial charge in [0.1, 0.15) is 22.3 Å². The van der Waals surface area contributed by atoms with Gasteiger partial charge in [0.15, 0.2) is 0 Å². The molecule has 1 N–H and O–H groups in total. The van der Waals surface area contributed by atoms with E-state index in [0.717, 1.165) is 33.6 Å². The Balaban J connectivity index is 1.44. The number of pyridine rings is 1. The fourth-order valence-corrected chi connectivity index (χ4v) is 4.96. The van der Waals surface area contributed by atoms with Crippen LogP contribution in [0.15, 0.2) is 79.0 Å². The Kier molecular flexibility index (Phi) is 5.44. The number of aromatic nitrogens is 2. The van der Waals surface area contributed by atoms with E-state index in [1.165, 1.54) is 30.7 Å². The van der Waals surface area contributed by atoms with Crippen LogP contribution in [0.1, 0.15) is 36.6 Å². The Morgan fingerprint density at radius 1 is 0.900 bits per heavy atom. The van der Waals surface area contributed by atoms with E-state index in [1.807, 2.05) is 60.7 Å². The molecule has 5 heteroatoms. The Labute approximate surface area is 180 Å². The first-order valence-electron chi connectivity index (χ1n) is 10.4. The molecule has 4 aromatic rings. The number of para-hydroxylation sites is 1. The van der Waals surface area contributed by atoms with Crippen molar-refractivity contribution in [2.75, 3.05) is 5.32 Å². The summed E-state index contributed by atoms with van der Waals surface area (Å²) < 4.78 is 6.36. The maximum absolute atomic E-state index is 6.36. The van der Waals surface area contributed by atoms with E-state index in [4.69, 9.17) is 9.72 Å². The van der Waals surface area contributed by atoms with Crippen LogP contribution >= 0.6 is 11.3 Å². The van der Waals surface area contributed by atoms with Gasteiger partial charge >= 0.3 is 0 Å². The van der Waals surface area contributed by atoms with Gasteiger partial charge in [-0.05, 0) is 31.0 Å². The quantitative estimate of drug-likeness (QED) is 0.358. The lowest BCUT2D eigenvalue weighted by Gasteiger charge is -2.09. The second-order valence-electron chi connectivity index (χ2n) is 7.51. The van der Waals surface area contributed by atoms with Crippen molar-refractivity contribution in [3.8, 4) is 22.1 Å². The number of hydrogen-bond donors (Lipinski definition) is 1. The molecule has 0 atom stereocenters. The number of hydrogen-bond acceptors (Lipinski definition) is 5. The van der Waals surface area contributed by atoms with E-state index in [-0.39, 0.29) is 0 Å². The van der Waals surface area contributed by atoms with Gasteiger partial charge in [-0.15, -0.1) is 0 Å². The maximum Gasteiger partial charge on any atom is 0.208 e. The highest BCUT2D eigenvalue weighted by Gasteiger charge is 2.24. The summed E-state index contributed by atoms with van der Waals surface area (Å²) in [4.78, 5) is 9.43. The van der Waals surface area contributed by atoms with Crippen LogP contribution in [-0.4, -0.2) is 9.97 Å². The van der Waals surface area contributed by atoms with E-state index >= 15 is 0 Å². The number of thiazole rings is 1. The molecule has 0 saturated heterocycles. The SMILES string of the molecule is c1ccc(Nc2cc(Oc3sc(C4CCCC4)nc3-c3ccccc3)ccn2)cc1. The van der Waals surface area contributed by atoms with Crippen LogP contribution in [0.5, 0.6) is 10.8 Å². The van der Waals surface area contributed by atoms with Crippen molar-refractivity contribution in [1.82, 2.24) is 9.97 Å². The second-order valence-corrected chi connectivity index (χ2v) is 8.50. The van der Waals surface area contributed by atoms with Gasteiger partial charge in [0, 0.05) is 29.4 Å². The highest BCUT2D eigenvalue weighted by Crippen LogP contribution is 2.44. The maximum atomic E-state index is 6.36. The molecular weight excluding hydrogens is 390 g/mol. The lowest BCUT2D eigenvalue weighted by molar-refractivity contribution is 0.496. The minimum Gasteiger partial charge on any atom is -0.444 e. The summed E-state index contributed by atoms with van der Waals surface area (Å²) in [5, 5.41) is 5.36. The molecule has 0 spiro atoms. The van der Waals surface area contributed by atoms with Gasteiger partial charge < -0.3 is 10.1 Å². The number of rotatable bonds is 6. The monoisotopic (exact) mass is 413 g/mol. The molecular formula is C25H23N3OS. The first-order chi connectivity index (χ1) is 14.8. The van der Waals surface area contributed by atoms with Crippen LogP contribution in [0.2, 0.25) is 0 Å². The first-order valence-corrected chi connectivity index (χ1v) is 11.2. The van der Waals surface area contributed by atoms with Crippen LogP contribution in [0, 0.1) is 0 Å². The van der Waals surface area contributed by atoms with Crippen LogP contribution in [0.25, 0.3) is 11.3 Å². The summed E-state index contributed by atoms with van der Waals surface area (Å²) in [7, 11) is 0. The zero-order valence-electron chi connectivity index (χ0n) is 16.6. The zero-order chi connectivity index (χ0) is 20.2. The van der Waals surface area contributed by atoms with Crippen LogP contribution in [-0.2, 0) is 0 Å². The predicted molar refractivity (Wildman–Crippen MR) is 123 cm³/mol. The van der Waals surface area contributed by atoms with E-state index in [9.17, 15) is 0 Å². The minimum atomic E-state index is 0.558. The zero-order valence-corrected chi connectivity index (χ0v) is 17.4. The number of nitrogens with one attached hydrogen (secondary N) is 1. The average molecular weight is 414 g/mol. The summed E-state index contributed by atoms with van der Waals surface area (Å²) in [6, 6.07) is 24.1. The number of anilines is 2. The largest absolute Gasteiger partial charge is 0.444 e. The smallest absolute Gasteiger partial charge is 0.208 e. The van der Waals surface area contributed by atoms with Gasteiger partial charge in [0.25, 0.3) is 0 Å². The molecule has 2 aromatic heterocycles. The van der Waals surface area contributed by atoms with Gasteiger partial charge in [-0.1, -0.05) is 72.7 Å². The lowest BCUT2D eigenvalue weighted by Crippen LogP contribution is -1.94. The van der Waals surface area contributed by atoms with Gasteiger partial charge in [-0.25, -0.2) is 9.97 Å². The third-order valence-corrected chi connectivity index (χ3v) is 6.45. The molecule has 0 bridgehead atoms. The highest BCUT2D eigenvalue weighted by atomic mass is 32.1. The van der Waals surface area contributed by atoms with Crippen LogP contribution in [0.3, 0.4) is 0 Å². The fourth-order valence-electron chi connectivity index (χ4n) is 3.84. The van der Waals surface area contributed by atoms with Gasteiger partial charge in [0.05, 0.1) is 0 Å². The molecule has 5 rings (SSSR count). The summed E-state index contributed by atoms with van der Waals surface area (Å²) in [6.07, 6.45) is 6.80. The minimum absolute atomic E-state index is 0.558. The number of benzene rings is 2. The van der Waals surface area contributed by atoms with Crippen molar-refractivity contribution in [2.24, 2.45) is 0 Å². The topological polar surface area (TPSA) is 47.0 Å². The summed E-state index contributed by atoms with van der Waals surface area (Å²) in [6.45, 7) is 0. The van der Waals surface area contributed by atoms with E-state index in [0.29, 0.717) is 5.92 Å². The Hall–Kier alpha value is -3.18. The first kappa shape index (κ1) is 18.8. The number of ether oxygens (including phenoxy) is 1. The van der Waals surface area contributed by atoms with Crippen molar-refractivity contribution in [1.29, 1.82) is 0 Å². The number of nitrogens with zero attached hydrogens (tertiary/aromatic N) is 2. The van der Waals surface area contributed by atoms with Crippen molar-refractivity contribution in [3.05, 3.63) is 84.0 Å². The molecule has 1 fully saturated rings. The van der Waals surface area contributed by atoms with Crippen molar-refractivity contribution >= 4 is 22.8 Å². The molecule has 0 unspecified atom stereocenters. The van der Waals surface area contributed by atoms with E-state index < -0.39 is 0 Å². The Morgan fingerprint density at radius 2 is 1.63 bits per heavy atom. The third kappa shape index (κ3) is 4.21. The summed E-state index contributed by atoms with van der Waals surface area (Å²) in [5.74, 6) is 2.06. The molecule has 1 aliphatic rings. The van der Waals surface area contributed by atoms with Crippen LogP contribution in [0.4, 0.5) is 11.5 Å². The van der Waals surface area contributed by atoms with Crippen molar-refractivity contribution < 1.29 is 4.74 Å². The molecule has 2 heterocycles. The summed E-state index contributed by atoms with van der Waals surface area (Å²) in [5.41, 5.74) is 3.01. The van der Waals surface area contributed by atoms with Gasteiger partial charge in [0.2, 0.25) is 5.06 Å². The molecule has 0 aliphatic heterocycles. The fraction of sp³-hybridized carbons (Fsp3) is 0.200. The molecule has 4 nitrogen and oxygen atoms in total. The molecule has 2 aromatic carbocycles. The molecule has 0 amide bonds. The average Bonchev–Trinajstić information content (AvgIpc) is 3.46. The van der Waals surface area contributed by atoms with E-state index in [2.05, 4.69) is 22.4 Å². The molecule has 0 radical (unpaired) electrons. The molecule has 150 valence electrons. The molecule has 1 saturated carbocycles. The Bertz CT molecular complexity index is 1110. The third-order valence-electron chi connectivity index (χ3n) is 5.35. The molecule has 1 aliphatic carbocycles. The highest BCUT2D eigenvalue weighted by molar-refractivity contribution is 7.14. The second kappa shape index (κ2) is 8.67. The lowest BCUT2D eigenvalue weighted by atomic mass is 10.1. The predicted octanol–water partition coefficient (Wildman–Crippen LogP) is 7.40. The van der Waals surface area contributed by atoms with Crippen LogP contribution < -0.4 is 10.1 Å². The van der Waals surface area contributed by atoms with Crippen molar-refractivity contribution in [3.63, 3.8) is 0 Å². The normalized spacial score (nSPS) is 14.0. The summed E-state index contributed by atoms with van der Waals surface area (Å²) >= 11 is 1.68. The van der Waals surface area contributed by atoms with E-state index in [1.54, 1.807) is 17.5 Å².